The largest absolute Gasteiger partial charge is 0.315 e. The van der Waals surface area contributed by atoms with Crippen LogP contribution in [0.15, 0.2) is 48.5 Å². The molecular weight excluding hydrogens is 330 g/mol. The minimum absolute atomic E-state index is 0. The van der Waals surface area contributed by atoms with Gasteiger partial charge in [0.05, 0.1) is 0 Å². The lowest BCUT2D eigenvalue weighted by molar-refractivity contribution is 0.283. The van der Waals surface area contributed by atoms with Crippen LogP contribution in [0.25, 0.3) is 0 Å². The maximum Gasteiger partial charge on any atom is 0.123 e. The Labute approximate surface area is 148 Å². The van der Waals surface area contributed by atoms with E-state index in [0.29, 0.717) is 0 Å². The topological polar surface area (TPSA) is 15.3 Å². The van der Waals surface area contributed by atoms with Crippen molar-refractivity contribution in [3.05, 3.63) is 71.3 Å². The zero-order chi connectivity index (χ0) is 16.1. The van der Waals surface area contributed by atoms with Crippen molar-refractivity contribution < 1.29 is 8.78 Å². The predicted molar refractivity (Wildman–Crippen MR) is 95.8 cm³/mol. The highest BCUT2D eigenvalue weighted by atomic mass is 35.5. The van der Waals surface area contributed by atoms with Gasteiger partial charge in [-0.3, -0.25) is 0 Å². The molecule has 1 N–H and O–H groups in total. The van der Waals surface area contributed by atoms with Gasteiger partial charge in [-0.05, 0) is 54.9 Å². The number of hydrogen-bond acceptors (Lipinski definition) is 2. The second-order valence-electron chi connectivity index (χ2n) is 6.06. The van der Waals surface area contributed by atoms with Crippen LogP contribution in [0.5, 0.6) is 0 Å². The van der Waals surface area contributed by atoms with Crippen LogP contribution in [0, 0.1) is 11.6 Å². The molecule has 2 aromatic rings. The Hall–Kier alpha value is -1.49. The van der Waals surface area contributed by atoms with Gasteiger partial charge in [0.25, 0.3) is 0 Å². The van der Waals surface area contributed by atoms with E-state index in [-0.39, 0.29) is 30.0 Å². The highest BCUT2D eigenvalue weighted by molar-refractivity contribution is 5.85. The smallest absolute Gasteiger partial charge is 0.123 e. The molecule has 1 fully saturated rings. The van der Waals surface area contributed by atoms with Gasteiger partial charge in [0.1, 0.15) is 11.6 Å². The molecule has 0 radical (unpaired) electrons. The SMILES string of the molecule is Cl.Fc1ccc(C(CN2CCCNCC2)c2ccc(F)cc2)cc1. The number of rotatable bonds is 4. The Morgan fingerprint density at radius 2 is 1.38 bits per heavy atom. The lowest BCUT2D eigenvalue weighted by Gasteiger charge is -2.27. The first-order valence-electron chi connectivity index (χ1n) is 8.16. The number of halogens is 3. The van der Waals surface area contributed by atoms with Crippen LogP contribution in [0.4, 0.5) is 8.78 Å². The van der Waals surface area contributed by atoms with Gasteiger partial charge in [0.15, 0.2) is 0 Å². The first-order chi connectivity index (χ1) is 11.2. The van der Waals surface area contributed by atoms with Crippen LogP contribution in [0.1, 0.15) is 23.5 Å². The molecule has 0 atom stereocenters. The molecule has 3 rings (SSSR count). The first kappa shape index (κ1) is 18.8. The second kappa shape index (κ2) is 9.11. The fourth-order valence-corrected chi connectivity index (χ4v) is 3.14. The zero-order valence-corrected chi connectivity index (χ0v) is 14.4. The molecule has 5 heteroatoms. The predicted octanol–water partition coefficient (Wildman–Crippen LogP) is 3.81. The minimum atomic E-state index is -0.231. The van der Waals surface area contributed by atoms with E-state index >= 15 is 0 Å². The summed E-state index contributed by atoms with van der Waals surface area (Å²) in [6.45, 7) is 4.94. The molecule has 0 bridgehead atoms. The number of benzene rings is 2. The summed E-state index contributed by atoms with van der Waals surface area (Å²) in [5.41, 5.74) is 2.13. The molecule has 1 aliphatic rings. The number of hydrogen-bond donors (Lipinski definition) is 1. The van der Waals surface area contributed by atoms with Crippen LogP contribution in [-0.4, -0.2) is 37.6 Å². The van der Waals surface area contributed by atoms with Gasteiger partial charge in [-0.15, -0.1) is 12.4 Å². The van der Waals surface area contributed by atoms with Gasteiger partial charge in [0.2, 0.25) is 0 Å². The Morgan fingerprint density at radius 3 is 1.92 bits per heavy atom. The molecule has 0 aromatic heterocycles. The van der Waals surface area contributed by atoms with E-state index in [1.165, 1.54) is 24.3 Å². The quantitative estimate of drug-likeness (QED) is 0.900. The normalized spacial score (nSPS) is 15.8. The van der Waals surface area contributed by atoms with Crippen molar-refractivity contribution in [2.24, 2.45) is 0 Å². The van der Waals surface area contributed by atoms with Crippen molar-refractivity contribution in [3.8, 4) is 0 Å². The van der Waals surface area contributed by atoms with E-state index in [9.17, 15) is 8.78 Å². The van der Waals surface area contributed by atoms with Gasteiger partial charge in [-0.2, -0.15) is 0 Å². The molecule has 130 valence electrons. The molecule has 1 aliphatic heterocycles. The van der Waals surface area contributed by atoms with Crippen molar-refractivity contribution in [2.45, 2.75) is 12.3 Å². The van der Waals surface area contributed by atoms with Crippen LogP contribution < -0.4 is 5.32 Å². The summed E-state index contributed by atoms with van der Waals surface area (Å²) < 4.78 is 26.5. The lowest BCUT2D eigenvalue weighted by atomic mass is 9.90. The standard InChI is InChI=1S/C19H22F2N2.ClH/c20-17-6-2-15(3-7-17)19(16-4-8-18(21)9-5-16)14-23-12-1-10-22-11-13-23;/h2-9,19,22H,1,10-14H2;1H. The van der Waals surface area contributed by atoms with Gasteiger partial charge in [-0.1, -0.05) is 24.3 Å². The van der Waals surface area contributed by atoms with Gasteiger partial charge >= 0.3 is 0 Å². The molecule has 0 aliphatic carbocycles. The fourth-order valence-electron chi connectivity index (χ4n) is 3.14. The van der Waals surface area contributed by atoms with Crippen molar-refractivity contribution in [2.75, 3.05) is 32.7 Å². The van der Waals surface area contributed by atoms with Crippen molar-refractivity contribution >= 4 is 12.4 Å². The first-order valence-corrected chi connectivity index (χ1v) is 8.16. The fraction of sp³-hybridized carbons (Fsp3) is 0.368. The summed E-state index contributed by atoms with van der Waals surface area (Å²) in [6.07, 6.45) is 1.12. The van der Waals surface area contributed by atoms with Gasteiger partial charge in [-0.25, -0.2) is 8.78 Å². The molecule has 0 unspecified atom stereocenters. The third-order valence-electron chi connectivity index (χ3n) is 4.42. The highest BCUT2D eigenvalue weighted by Crippen LogP contribution is 2.26. The van der Waals surface area contributed by atoms with Crippen LogP contribution >= 0.6 is 12.4 Å². The maximum atomic E-state index is 13.2. The Kier molecular flexibility index (Phi) is 7.16. The molecule has 24 heavy (non-hydrogen) atoms. The number of nitrogens with one attached hydrogen (secondary N) is 1. The van der Waals surface area contributed by atoms with E-state index < -0.39 is 0 Å². The second-order valence-corrected chi connectivity index (χ2v) is 6.06. The average molecular weight is 353 g/mol. The summed E-state index contributed by atoms with van der Waals surface area (Å²) in [7, 11) is 0. The maximum absolute atomic E-state index is 13.2. The van der Waals surface area contributed by atoms with Crippen LogP contribution in [-0.2, 0) is 0 Å². The summed E-state index contributed by atoms with van der Waals surface area (Å²) in [6, 6.07) is 13.3. The van der Waals surface area contributed by atoms with Gasteiger partial charge < -0.3 is 10.2 Å². The molecule has 2 aromatic carbocycles. The Balaban J connectivity index is 0.00000208. The number of nitrogens with zero attached hydrogens (tertiary/aromatic N) is 1. The van der Waals surface area contributed by atoms with Crippen LogP contribution in [0.2, 0.25) is 0 Å². The van der Waals surface area contributed by atoms with E-state index in [1.54, 1.807) is 0 Å². The van der Waals surface area contributed by atoms with Crippen molar-refractivity contribution in [1.82, 2.24) is 10.2 Å². The summed E-state index contributed by atoms with van der Waals surface area (Å²) in [5.74, 6) is -0.342. The molecule has 1 heterocycles. The highest BCUT2D eigenvalue weighted by Gasteiger charge is 2.19. The average Bonchev–Trinajstić information content (AvgIpc) is 2.83. The van der Waals surface area contributed by atoms with Crippen LogP contribution in [0.3, 0.4) is 0 Å². The van der Waals surface area contributed by atoms with Crippen molar-refractivity contribution in [1.29, 1.82) is 0 Å². The van der Waals surface area contributed by atoms with E-state index in [0.717, 1.165) is 50.3 Å². The third-order valence-corrected chi connectivity index (χ3v) is 4.42. The Bertz CT molecular complexity index is 563. The molecule has 0 saturated carbocycles. The summed E-state index contributed by atoms with van der Waals surface area (Å²) in [4.78, 5) is 2.43. The van der Waals surface area contributed by atoms with Gasteiger partial charge in [0, 0.05) is 25.6 Å². The zero-order valence-electron chi connectivity index (χ0n) is 13.6. The third kappa shape index (κ3) is 5.00. The monoisotopic (exact) mass is 352 g/mol. The summed E-state index contributed by atoms with van der Waals surface area (Å²) in [5, 5.41) is 3.40. The van der Waals surface area contributed by atoms with E-state index in [4.69, 9.17) is 0 Å². The summed E-state index contributed by atoms with van der Waals surface area (Å²) >= 11 is 0. The molecule has 0 spiro atoms. The van der Waals surface area contributed by atoms with E-state index in [2.05, 4.69) is 10.2 Å². The molecule has 2 nitrogen and oxygen atoms in total. The molecular formula is C19H23ClF2N2. The van der Waals surface area contributed by atoms with Crippen molar-refractivity contribution in [3.63, 3.8) is 0 Å². The minimum Gasteiger partial charge on any atom is -0.315 e. The molecule has 1 saturated heterocycles. The molecule has 0 amide bonds. The Morgan fingerprint density at radius 1 is 0.833 bits per heavy atom. The lowest BCUT2D eigenvalue weighted by Crippen LogP contribution is -2.32. The van der Waals surface area contributed by atoms with E-state index in [1.807, 2.05) is 24.3 Å².